The molecule has 4 heteroatoms. The van der Waals surface area contributed by atoms with E-state index in [1.165, 1.54) is 0 Å². The Bertz CT molecular complexity index is 774. The highest BCUT2D eigenvalue weighted by atomic mass is 16.6. The van der Waals surface area contributed by atoms with Gasteiger partial charge in [0, 0.05) is 18.9 Å². The lowest BCUT2D eigenvalue weighted by Crippen LogP contribution is -2.26. The predicted octanol–water partition coefficient (Wildman–Crippen LogP) is 4.04. The molecule has 0 aliphatic heterocycles. The Morgan fingerprint density at radius 2 is 1.78 bits per heavy atom. The molecule has 1 aromatic heterocycles. The molecule has 3 rings (SSSR count). The average molecular weight is 304 g/mol. The summed E-state index contributed by atoms with van der Waals surface area (Å²) in [6, 6.07) is 21.1. The van der Waals surface area contributed by atoms with Crippen LogP contribution in [0, 0.1) is 0 Å². The monoisotopic (exact) mass is 304 g/mol. The third-order valence-electron chi connectivity index (χ3n) is 3.31. The standard InChI is InChI=1S/C19H16N2O2/c22-19(21-14-15-6-5-11-20-13-15)23-18-10-4-9-17(12-18)16-7-2-1-3-8-16/h1-13H,14H2,(H,21,22). The molecule has 4 nitrogen and oxygen atoms in total. The largest absolute Gasteiger partial charge is 0.412 e. The number of hydrogen-bond acceptors (Lipinski definition) is 3. The Kier molecular flexibility index (Phi) is 4.64. The van der Waals surface area contributed by atoms with E-state index in [9.17, 15) is 4.79 Å². The van der Waals surface area contributed by atoms with Gasteiger partial charge in [0.15, 0.2) is 0 Å². The molecular weight excluding hydrogens is 288 g/mol. The number of benzene rings is 2. The summed E-state index contributed by atoms with van der Waals surface area (Å²) in [5.41, 5.74) is 3.00. The lowest BCUT2D eigenvalue weighted by Gasteiger charge is -2.08. The third-order valence-corrected chi connectivity index (χ3v) is 3.31. The fraction of sp³-hybridized carbons (Fsp3) is 0.0526. The Morgan fingerprint density at radius 1 is 0.957 bits per heavy atom. The second kappa shape index (κ2) is 7.22. The van der Waals surface area contributed by atoms with Crippen LogP contribution in [-0.4, -0.2) is 11.1 Å². The number of ether oxygens (including phenoxy) is 1. The van der Waals surface area contributed by atoms with Crippen molar-refractivity contribution in [3.8, 4) is 16.9 Å². The lowest BCUT2D eigenvalue weighted by atomic mass is 10.1. The van der Waals surface area contributed by atoms with Crippen LogP contribution in [0.1, 0.15) is 5.56 Å². The second-order valence-electron chi connectivity index (χ2n) is 5.00. The smallest absolute Gasteiger partial charge is 0.410 e. The molecule has 0 aliphatic carbocycles. The van der Waals surface area contributed by atoms with Crippen molar-refractivity contribution in [2.45, 2.75) is 6.54 Å². The van der Waals surface area contributed by atoms with Crippen molar-refractivity contribution < 1.29 is 9.53 Å². The van der Waals surface area contributed by atoms with E-state index >= 15 is 0 Å². The number of carbonyl (C=O) groups excluding carboxylic acids is 1. The molecule has 1 N–H and O–H groups in total. The number of nitrogens with one attached hydrogen (secondary N) is 1. The van der Waals surface area contributed by atoms with E-state index < -0.39 is 6.09 Å². The molecule has 0 bridgehead atoms. The first-order valence-corrected chi connectivity index (χ1v) is 7.31. The number of carbonyl (C=O) groups is 1. The van der Waals surface area contributed by atoms with Gasteiger partial charge < -0.3 is 10.1 Å². The molecular formula is C19H16N2O2. The van der Waals surface area contributed by atoms with Crippen LogP contribution in [0.2, 0.25) is 0 Å². The van der Waals surface area contributed by atoms with Crippen LogP contribution in [0.3, 0.4) is 0 Å². The zero-order valence-corrected chi connectivity index (χ0v) is 12.5. The maximum atomic E-state index is 11.9. The predicted molar refractivity (Wildman–Crippen MR) is 89.0 cm³/mol. The second-order valence-corrected chi connectivity index (χ2v) is 5.00. The Labute approximate surface area is 134 Å². The normalized spacial score (nSPS) is 10.1. The Morgan fingerprint density at radius 3 is 2.57 bits per heavy atom. The SMILES string of the molecule is O=C(NCc1cccnc1)Oc1cccc(-c2ccccc2)c1. The van der Waals surface area contributed by atoms with Crippen LogP contribution in [0.15, 0.2) is 79.1 Å². The van der Waals surface area contributed by atoms with Gasteiger partial charge in [-0.05, 0) is 34.9 Å². The van der Waals surface area contributed by atoms with E-state index in [0.29, 0.717) is 12.3 Å². The lowest BCUT2D eigenvalue weighted by molar-refractivity contribution is 0.200. The summed E-state index contributed by atoms with van der Waals surface area (Å²) in [6.45, 7) is 0.380. The minimum Gasteiger partial charge on any atom is -0.410 e. The summed E-state index contributed by atoms with van der Waals surface area (Å²) in [5.74, 6) is 0.509. The van der Waals surface area contributed by atoms with Crippen LogP contribution in [0.5, 0.6) is 5.75 Å². The van der Waals surface area contributed by atoms with Gasteiger partial charge in [0.25, 0.3) is 0 Å². The number of hydrogen-bond donors (Lipinski definition) is 1. The minimum atomic E-state index is -0.487. The molecule has 2 aromatic carbocycles. The topological polar surface area (TPSA) is 51.2 Å². The van der Waals surface area contributed by atoms with Gasteiger partial charge in [0.2, 0.25) is 0 Å². The van der Waals surface area contributed by atoms with Crippen molar-refractivity contribution in [1.29, 1.82) is 0 Å². The van der Waals surface area contributed by atoms with E-state index in [-0.39, 0.29) is 0 Å². The zero-order valence-electron chi connectivity index (χ0n) is 12.5. The van der Waals surface area contributed by atoms with Gasteiger partial charge in [-0.1, -0.05) is 48.5 Å². The minimum absolute atomic E-state index is 0.380. The van der Waals surface area contributed by atoms with Gasteiger partial charge in [0.1, 0.15) is 5.75 Å². The molecule has 0 radical (unpaired) electrons. The number of aromatic nitrogens is 1. The van der Waals surface area contributed by atoms with E-state index in [1.54, 1.807) is 18.5 Å². The van der Waals surface area contributed by atoms with Gasteiger partial charge in [-0.15, -0.1) is 0 Å². The number of rotatable bonds is 4. The van der Waals surface area contributed by atoms with Crippen molar-refractivity contribution in [1.82, 2.24) is 10.3 Å². The quantitative estimate of drug-likeness (QED) is 0.791. The molecule has 0 aliphatic rings. The van der Waals surface area contributed by atoms with Crippen LogP contribution < -0.4 is 10.1 Å². The van der Waals surface area contributed by atoms with Crippen LogP contribution in [0.25, 0.3) is 11.1 Å². The zero-order chi connectivity index (χ0) is 15.9. The summed E-state index contributed by atoms with van der Waals surface area (Å²) in [4.78, 5) is 15.9. The van der Waals surface area contributed by atoms with Crippen LogP contribution in [-0.2, 0) is 6.54 Å². The number of pyridine rings is 1. The number of amides is 1. The summed E-state index contributed by atoms with van der Waals surface area (Å²) < 4.78 is 5.33. The number of nitrogens with zero attached hydrogens (tertiary/aromatic N) is 1. The molecule has 0 fully saturated rings. The van der Waals surface area contributed by atoms with Gasteiger partial charge in [-0.3, -0.25) is 4.98 Å². The van der Waals surface area contributed by atoms with Crippen LogP contribution >= 0.6 is 0 Å². The fourth-order valence-corrected chi connectivity index (χ4v) is 2.19. The molecule has 1 amide bonds. The summed E-state index contributed by atoms with van der Waals surface area (Å²) >= 11 is 0. The van der Waals surface area contributed by atoms with Crippen molar-refractivity contribution in [2.24, 2.45) is 0 Å². The third kappa shape index (κ3) is 4.17. The Hall–Kier alpha value is -3.14. The molecule has 114 valence electrons. The summed E-state index contributed by atoms with van der Waals surface area (Å²) in [5, 5.41) is 2.71. The van der Waals surface area contributed by atoms with E-state index in [1.807, 2.05) is 60.7 Å². The van der Waals surface area contributed by atoms with Gasteiger partial charge in [-0.2, -0.15) is 0 Å². The highest BCUT2D eigenvalue weighted by Crippen LogP contribution is 2.23. The van der Waals surface area contributed by atoms with E-state index in [0.717, 1.165) is 16.7 Å². The first kappa shape index (κ1) is 14.8. The molecule has 0 atom stereocenters. The highest BCUT2D eigenvalue weighted by molar-refractivity contribution is 5.72. The van der Waals surface area contributed by atoms with Crippen LogP contribution in [0.4, 0.5) is 4.79 Å². The first-order valence-electron chi connectivity index (χ1n) is 7.31. The maximum Gasteiger partial charge on any atom is 0.412 e. The van der Waals surface area contributed by atoms with Crippen molar-refractivity contribution in [2.75, 3.05) is 0 Å². The first-order chi connectivity index (χ1) is 11.3. The van der Waals surface area contributed by atoms with Gasteiger partial charge in [0.05, 0.1) is 0 Å². The van der Waals surface area contributed by atoms with E-state index in [4.69, 9.17) is 4.74 Å². The Balaban J connectivity index is 1.63. The summed E-state index contributed by atoms with van der Waals surface area (Å²) in [7, 11) is 0. The molecule has 0 saturated heterocycles. The molecule has 0 spiro atoms. The molecule has 23 heavy (non-hydrogen) atoms. The molecule has 3 aromatic rings. The van der Waals surface area contributed by atoms with E-state index in [2.05, 4.69) is 10.3 Å². The van der Waals surface area contributed by atoms with Crippen molar-refractivity contribution >= 4 is 6.09 Å². The van der Waals surface area contributed by atoms with Gasteiger partial charge >= 0.3 is 6.09 Å². The fourth-order valence-electron chi connectivity index (χ4n) is 2.19. The van der Waals surface area contributed by atoms with Crippen molar-refractivity contribution in [3.05, 3.63) is 84.7 Å². The van der Waals surface area contributed by atoms with Gasteiger partial charge in [-0.25, -0.2) is 4.79 Å². The molecule has 1 heterocycles. The molecule has 0 unspecified atom stereocenters. The van der Waals surface area contributed by atoms with Crippen molar-refractivity contribution in [3.63, 3.8) is 0 Å². The maximum absolute atomic E-state index is 11.9. The summed E-state index contributed by atoms with van der Waals surface area (Å²) in [6.07, 6.45) is 2.91. The average Bonchev–Trinajstić information content (AvgIpc) is 2.62. The molecule has 0 saturated carbocycles. The highest BCUT2D eigenvalue weighted by Gasteiger charge is 2.05.